The Balaban J connectivity index is 1.94. The molecule has 1 heterocycles. The topological polar surface area (TPSA) is 9.23 Å². The van der Waals surface area contributed by atoms with Crippen molar-refractivity contribution in [2.24, 2.45) is 10.8 Å². The van der Waals surface area contributed by atoms with E-state index in [4.69, 9.17) is 4.74 Å². The van der Waals surface area contributed by atoms with Crippen LogP contribution in [0.15, 0.2) is 29.8 Å². The molecule has 1 saturated heterocycles. The van der Waals surface area contributed by atoms with E-state index in [1.54, 1.807) is 11.1 Å². The summed E-state index contributed by atoms with van der Waals surface area (Å²) in [5.41, 5.74) is 6.87. The molecule has 94 valence electrons. The predicted molar refractivity (Wildman–Crippen MR) is 73.3 cm³/mol. The lowest BCUT2D eigenvalue weighted by molar-refractivity contribution is 0.151. The summed E-state index contributed by atoms with van der Waals surface area (Å²) in [6, 6.07) is 9.01. The summed E-state index contributed by atoms with van der Waals surface area (Å²) in [6.45, 7) is 6.49. The molecule has 1 nitrogen and oxygen atoms in total. The summed E-state index contributed by atoms with van der Waals surface area (Å²) in [7, 11) is 0. The van der Waals surface area contributed by atoms with Crippen LogP contribution in [0.2, 0.25) is 0 Å². The van der Waals surface area contributed by atoms with Crippen LogP contribution in [0.4, 0.5) is 0 Å². The van der Waals surface area contributed by atoms with Gasteiger partial charge in [0.05, 0.1) is 13.2 Å². The van der Waals surface area contributed by atoms with Crippen molar-refractivity contribution in [3.8, 4) is 0 Å². The monoisotopic (exact) mass is 240 g/mol. The van der Waals surface area contributed by atoms with E-state index < -0.39 is 0 Å². The third kappa shape index (κ3) is 1.21. The molecule has 2 fully saturated rings. The Morgan fingerprint density at radius 1 is 1.22 bits per heavy atom. The van der Waals surface area contributed by atoms with E-state index in [2.05, 4.69) is 38.1 Å². The van der Waals surface area contributed by atoms with E-state index in [-0.39, 0.29) is 0 Å². The normalized spacial score (nSPS) is 37.4. The van der Waals surface area contributed by atoms with Gasteiger partial charge in [0.25, 0.3) is 0 Å². The lowest BCUT2D eigenvalue weighted by Gasteiger charge is -2.28. The SMILES string of the molecule is Cc1cccc(C2=C3COC[C@@]34CC[C@@]2(C)C4)c1. The molecule has 0 amide bonds. The number of rotatable bonds is 1. The number of fused-ring (bicyclic) bond motifs is 1. The van der Waals surface area contributed by atoms with E-state index in [1.807, 2.05) is 0 Å². The Hall–Kier alpha value is -1.08. The number of aryl methyl sites for hydroxylation is 1. The summed E-state index contributed by atoms with van der Waals surface area (Å²) in [5.74, 6) is 0. The lowest BCUT2D eigenvalue weighted by Crippen LogP contribution is -2.17. The van der Waals surface area contributed by atoms with E-state index in [0.717, 1.165) is 13.2 Å². The average Bonchev–Trinajstić information content (AvgIpc) is 2.92. The van der Waals surface area contributed by atoms with E-state index >= 15 is 0 Å². The second kappa shape index (κ2) is 3.27. The molecule has 1 saturated carbocycles. The van der Waals surface area contributed by atoms with Gasteiger partial charge in [-0.2, -0.15) is 0 Å². The maximum absolute atomic E-state index is 5.80. The number of hydrogen-bond donors (Lipinski definition) is 0. The van der Waals surface area contributed by atoms with E-state index in [0.29, 0.717) is 10.8 Å². The molecular weight excluding hydrogens is 220 g/mol. The maximum Gasteiger partial charge on any atom is 0.0689 e. The molecule has 0 aromatic heterocycles. The number of allylic oxidation sites excluding steroid dienone is 1. The molecular formula is C17H20O. The first kappa shape index (κ1) is 10.8. The minimum Gasteiger partial charge on any atom is -0.376 e. The molecule has 1 spiro atoms. The zero-order chi connectivity index (χ0) is 12.4. The van der Waals surface area contributed by atoms with Crippen molar-refractivity contribution in [1.82, 2.24) is 0 Å². The van der Waals surface area contributed by atoms with Gasteiger partial charge in [0.15, 0.2) is 0 Å². The third-order valence-corrected chi connectivity index (χ3v) is 5.36. The molecule has 18 heavy (non-hydrogen) atoms. The number of benzene rings is 1. The Kier molecular flexibility index (Phi) is 1.96. The van der Waals surface area contributed by atoms with Gasteiger partial charge in [-0.1, -0.05) is 36.8 Å². The van der Waals surface area contributed by atoms with Crippen molar-refractivity contribution in [3.05, 3.63) is 41.0 Å². The van der Waals surface area contributed by atoms with Crippen molar-refractivity contribution in [3.63, 3.8) is 0 Å². The van der Waals surface area contributed by atoms with Gasteiger partial charge in [-0.05, 0) is 48.3 Å². The van der Waals surface area contributed by atoms with Gasteiger partial charge in [0.2, 0.25) is 0 Å². The molecule has 1 aliphatic heterocycles. The Bertz CT molecular complexity index is 556. The molecule has 1 aromatic carbocycles. The molecule has 1 aromatic rings. The second-order valence-electron chi connectivity index (χ2n) is 6.73. The van der Waals surface area contributed by atoms with Crippen LogP contribution in [0.5, 0.6) is 0 Å². The fourth-order valence-corrected chi connectivity index (χ4v) is 4.65. The van der Waals surface area contributed by atoms with Crippen LogP contribution >= 0.6 is 0 Å². The van der Waals surface area contributed by atoms with Crippen molar-refractivity contribution < 1.29 is 4.74 Å². The lowest BCUT2D eigenvalue weighted by atomic mass is 9.76. The molecule has 0 N–H and O–H groups in total. The second-order valence-corrected chi connectivity index (χ2v) is 6.73. The highest BCUT2D eigenvalue weighted by molar-refractivity contribution is 5.79. The Morgan fingerprint density at radius 2 is 2.11 bits per heavy atom. The first-order chi connectivity index (χ1) is 8.63. The van der Waals surface area contributed by atoms with Gasteiger partial charge in [0.1, 0.15) is 0 Å². The molecule has 2 atom stereocenters. The highest BCUT2D eigenvalue weighted by Gasteiger charge is 2.59. The smallest absolute Gasteiger partial charge is 0.0689 e. The molecule has 2 aliphatic carbocycles. The van der Waals surface area contributed by atoms with Crippen LogP contribution in [-0.2, 0) is 4.74 Å². The summed E-state index contributed by atoms with van der Waals surface area (Å²) in [4.78, 5) is 0. The molecule has 3 aliphatic rings. The van der Waals surface area contributed by atoms with Crippen LogP contribution in [0.1, 0.15) is 37.3 Å². The molecule has 0 radical (unpaired) electrons. The largest absolute Gasteiger partial charge is 0.376 e. The Labute approximate surface area is 109 Å². The number of ether oxygens (including phenoxy) is 1. The highest BCUT2D eigenvalue weighted by Crippen LogP contribution is 2.68. The minimum atomic E-state index is 0.410. The summed E-state index contributed by atoms with van der Waals surface area (Å²) < 4.78 is 5.80. The number of hydrogen-bond acceptors (Lipinski definition) is 1. The molecule has 4 rings (SSSR count). The van der Waals surface area contributed by atoms with Crippen LogP contribution in [-0.4, -0.2) is 13.2 Å². The van der Waals surface area contributed by atoms with Crippen LogP contribution < -0.4 is 0 Å². The Morgan fingerprint density at radius 3 is 2.94 bits per heavy atom. The molecule has 1 heteroatoms. The predicted octanol–water partition coefficient (Wildman–Crippen LogP) is 3.97. The standard InChI is InChI=1S/C17H20O/c1-12-4-3-5-13(8-12)15-14-9-18-11-17(14)7-6-16(15,2)10-17/h3-5,8H,6-7,9-11H2,1-2H3/t16-,17-/m0/s1. The van der Waals surface area contributed by atoms with Gasteiger partial charge in [-0.15, -0.1) is 0 Å². The van der Waals surface area contributed by atoms with Gasteiger partial charge in [-0.25, -0.2) is 0 Å². The van der Waals surface area contributed by atoms with Crippen molar-refractivity contribution in [1.29, 1.82) is 0 Å². The van der Waals surface area contributed by atoms with Crippen molar-refractivity contribution in [2.75, 3.05) is 13.2 Å². The van der Waals surface area contributed by atoms with Crippen molar-refractivity contribution >= 4 is 5.57 Å². The molecule has 2 bridgehead atoms. The quantitative estimate of drug-likeness (QED) is 0.721. The zero-order valence-corrected chi connectivity index (χ0v) is 11.3. The zero-order valence-electron chi connectivity index (χ0n) is 11.3. The fraction of sp³-hybridized carbons (Fsp3) is 0.529. The minimum absolute atomic E-state index is 0.410. The van der Waals surface area contributed by atoms with Gasteiger partial charge < -0.3 is 4.74 Å². The fourth-order valence-electron chi connectivity index (χ4n) is 4.65. The van der Waals surface area contributed by atoms with Gasteiger partial charge in [0, 0.05) is 5.41 Å². The van der Waals surface area contributed by atoms with E-state index in [9.17, 15) is 0 Å². The third-order valence-electron chi connectivity index (χ3n) is 5.36. The molecule has 0 unspecified atom stereocenters. The van der Waals surface area contributed by atoms with Crippen molar-refractivity contribution in [2.45, 2.75) is 33.1 Å². The summed E-state index contributed by atoms with van der Waals surface area (Å²) >= 11 is 0. The van der Waals surface area contributed by atoms with Crippen LogP contribution in [0, 0.1) is 17.8 Å². The average molecular weight is 240 g/mol. The maximum atomic E-state index is 5.80. The van der Waals surface area contributed by atoms with Gasteiger partial charge >= 0.3 is 0 Å². The first-order valence-electron chi connectivity index (χ1n) is 7.02. The van der Waals surface area contributed by atoms with E-state index in [1.165, 1.54) is 30.4 Å². The van der Waals surface area contributed by atoms with Crippen LogP contribution in [0.25, 0.3) is 5.57 Å². The van der Waals surface area contributed by atoms with Gasteiger partial charge in [-0.3, -0.25) is 0 Å². The highest BCUT2D eigenvalue weighted by atomic mass is 16.5. The first-order valence-corrected chi connectivity index (χ1v) is 7.02. The summed E-state index contributed by atoms with van der Waals surface area (Å²) in [5, 5.41) is 0. The summed E-state index contributed by atoms with van der Waals surface area (Å²) in [6.07, 6.45) is 4.00. The van der Waals surface area contributed by atoms with Crippen LogP contribution in [0.3, 0.4) is 0 Å².